The molecule has 1 aliphatic heterocycles. The van der Waals surface area contributed by atoms with Gasteiger partial charge in [-0.05, 0) is 31.0 Å². The first-order valence-corrected chi connectivity index (χ1v) is 8.64. The Hall–Kier alpha value is -1.20. The van der Waals surface area contributed by atoms with Crippen molar-refractivity contribution < 1.29 is 9.84 Å². The van der Waals surface area contributed by atoms with E-state index in [4.69, 9.17) is 4.74 Å². The summed E-state index contributed by atoms with van der Waals surface area (Å²) < 4.78 is 5.64. The highest BCUT2D eigenvalue weighted by Gasteiger charge is 2.26. The van der Waals surface area contributed by atoms with Gasteiger partial charge < -0.3 is 9.84 Å². The van der Waals surface area contributed by atoms with E-state index >= 15 is 0 Å². The molecule has 2 heterocycles. The normalized spacial score (nSPS) is 20.9. The molecule has 0 radical (unpaired) electrons. The summed E-state index contributed by atoms with van der Waals surface area (Å²) in [6.45, 7) is 5.51. The molecular formula is C18H23NO2S. The van der Waals surface area contributed by atoms with Gasteiger partial charge in [-0.25, -0.2) is 0 Å². The van der Waals surface area contributed by atoms with Crippen molar-refractivity contribution in [3.63, 3.8) is 0 Å². The van der Waals surface area contributed by atoms with Crippen LogP contribution in [0.5, 0.6) is 0 Å². The average molecular weight is 317 g/mol. The van der Waals surface area contributed by atoms with E-state index in [0.29, 0.717) is 13.0 Å². The van der Waals surface area contributed by atoms with Crippen molar-refractivity contribution in [2.75, 3.05) is 19.8 Å². The van der Waals surface area contributed by atoms with Crippen molar-refractivity contribution in [2.45, 2.75) is 32.0 Å². The molecule has 118 valence electrons. The Balaban J connectivity index is 1.64. The van der Waals surface area contributed by atoms with E-state index in [1.807, 2.05) is 41.7 Å². The third kappa shape index (κ3) is 3.96. The van der Waals surface area contributed by atoms with Crippen LogP contribution in [0.3, 0.4) is 0 Å². The molecule has 0 aliphatic carbocycles. The van der Waals surface area contributed by atoms with E-state index in [2.05, 4.69) is 24.0 Å². The fourth-order valence-electron chi connectivity index (χ4n) is 2.95. The molecule has 1 aliphatic rings. The number of benzene rings is 1. The Morgan fingerprint density at radius 3 is 2.82 bits per heavy atom. The lowest BCUT2D eigenvalue weighted by molar-refractivity contribution is -0.0296. The zero-order valence-electron chi connectivity index (χ0n) is 12.9. The number of thiophene rings is 1. The number of morpholine rings is 1. The van der Waals surface area contributed by atoms with Gasteiger partial charge in [-0.2, -0.15) is 0 Å². The largest absolute Gasteiger partial charge is 0.388 e. The Morgan fingerprint density at radius 2 is 2.09 bits per heavy atom. The molecule has 3 rings (SSSR count). The van der Waals surface area contributed by atoms with Gasteiger partial charge in [0.25, 0.3) is 0 Å². The van der Waals surface area contributed by atoms with Crippen LogP contribution in [0, 0.1) is 6.92 Å². The fourth-order valence-corrected chi connectivity index (χ4v) is 3.87. The molecule has 4 heteroatoms. The third-order valence-corrected chi connectivity index (χ3v) is 5.17. The van der Waals surface area contributed by atoms with Gasteiger partial charge in [0.2, 0.25) is 0 Å². The maximum absolute atomic E-state index is 10.5. The smallest absolute Gasteiger partial charge is 0.0805 e. The first-order valence-electron chi connectivity index (χ1n) is 7.82. The molecule has 0 bridgehead atoms. The van der Waals surface area contributed by atoms with Crippen LogP contribution in [0.1, 0.15) is 27.8 Å². The Labute approximate surface area is 136 Å². The van der Waals surface area contributed by atoms with Crippen molar-refractivity contribution >= 4 is 11.3 Å². The molecular weight excluding hydrogens is 294 g/mol. The molecule has 1 aromatic heterocycles. The van der Waals surface area contributed by atoms with Crippen molar-refractivity contribution in [1.82, 2.24) is 4.90 Å². The third-order valence-electron chi connectivity index (χ3n) is 4.18. The van der Waals surface area contributed by atoms with Crippen molar-refractivity contribution in [1.29, 1.82) is 0 Å². The predicted octanol–water partition coefficient (Wildman–Crippen LogP) is 3.38. The summed E-state index contributed by atoms with van der Waals surface area (Å²) in [6, 6.07) is 14.6. The van der Waals surface area contributed by atoms with Crippen LogP contribution in [0.2, 0.25) is 0 Å². The second-order valence-electron chi connectivity index (χ2n) is 5.87. The highest BCUT2D eigenvalue weighted by atomic mass is 32.1. The topological polar surface area (TPSA) is 32.7 Å². The summed E-state index contributed by atoms with van der Waals surface area (Å²) in [5, 5.41) is 10.5. The number of aliphatic hydroxyl groups excluding tert-OH is 1. The molecule has 3 nitrogen and oxygen atoms in total. The van der Waals surface area contributed by atoms with Gasteiger partial charge in [0.1, 0.15) is 0 Å². The minimum atomic E-state index is -0.430. The van der Waals surface area contributed by atoms with Crippen molar-refractivity contribution in [3.8, 4) is 0 Å². The quantitative estimate of drug-likeness (QED) is 0.917. The van der Waals surface area contributed by atoms with Crippen LogP contribution in [0.25, 0.3) is 0 Å². The number of aryl methyl sites for hydroxylation is 1. The summed E-state index contributed by atoms with van der Waals surface area (Å²) in [5.41, 5.74) is 0.986. The number of rotatable bonds is 5. The summed E-state index contributed by atoms with van der Waals surface area (Å²) in [5.74, 6) is 0. The summed E-state index contributed by atoms with van der Waals surface area (Å²) in [4.78, 5) is 5.18. The average Bonchev–Trinajstić information content (AvgIpc) is 2.95. The molecule has 2 atom stereocenters. The first kappa shape index (κ1) is 15.7. The van der Waals surface area contributed by atoms with E-state index < -0.39 is 6.10 Å². The number of hydrogen-bond acceptors (Lipinski definition) is 4. The van der Waals surface area contributed by atoms with Crippen LogP contribution >= 0.6 is 11.3 Å². The summed E-state index contributed by atoms with van der Waals surface area (Å²) in [6.07, 6.45) is 0.287. The second-order valence-corrected chi connectivity index (χ2v) is 7.25. The highest BCUT2D eigenvalue weighted by molar-refractivity contribution is 7.11. The first-order chi connectivity index (χ1) is 10.7. The molecule has 2 unspecified atom stereocenters. The standard InChI is InChI=1S/C18H23NO2S/c1-14-7-8-17(22-14)12-19-9-10-21-13-16(19)11-18(20)15-5-3-2-4-6-15/h2-8,16,18,20H,9-13H2,1H3. The molecule has 22 heavy (non-hydrogen) atoms. The van der Waals surface area contributed by atoms with E-state index in [-0.39, 0.29) is 6.04 Å². The van der Waals surface area contributed by atoms with Crippen molar-refractivity contribution in [2.24, 2.45) is 0 Å². The summed E-state index contributed by atoms with van der Waals surface area (Å²) >= 11 is 1.85. The maximum atomic E-state index is 10.5. The molecule has 1 saturated heterocycles. The number of hydrogen-bond donors (Lipinski definition) is 1. The Kier molecular flexibility index (Phi) is 5.26. The maximum Gasteiger partial charge on any atom is 0.0805 e. The Morgan fingerprint density at radius 1 is 1.27 bits per heavy atom. The van der Waals surface area contributed by atoms with Crippen molar-refractivity contribution in [3.05, 3.63) is 57.8 Å². The van der Waals surface area contributed by atoms with E-state index in [0.717, 1.165) is 25.3 Å². The summed E-state index contributed by atoms with van der Waals surface area (Å²) in [7, 11) is 0. The zero-order chi connectivity index (χ0) is 15.4. The van der Waals surface area contributed by atoms with Crippen LogP contribution in [-0.4, -0.2) is 35.8 Å². The molecule has 0 amide bonds. The van der Waals surface area contributed by atoms with E-state index in [1.165, 1.54) is 9.75 Å². The van der Waals surface area contributed by atoms with E-state index in [9.17, 15) is 5.11 Å². The van der Waals surface area contributed by atoms with Gasteiger partial charge in [-0.15, -0.1) is 11.3 Å². The molecule has 0 spiro atoms. The molecule has 1 aromatic carbocycles. The van der Waals surface area contributed by atoms with Gasteiger partial charge in [0.15, 0.2) is 0 Å². The second kappa shape index (κ2) is 7.38. The number of aliphatic hydroxyl groups is 1. The van der Waals surface area contributed by atoms with Gasteiger partial charge in [-0.3, -0.25) is 4.90 Å². The molecule has 0 saturated carbocycles. The van der Waals surface area contributed by atoms with Gasteiger partial charge >= 0.3 is 0 Å². The predicted molar refractivity (Wildman–Crippen MR) is 90.1 cm³/mol. The monoisotopic (exact) mass is 317 g/mol. The number of nitrogens with zero attached hydrogens (tertiary/aromatic N) is 1. The number of ether oxygens (including phenoxy) is 1. The molecule has 2 aromatic rings. The lowest BCUT2D eigenvalue weighted by atomic mass is 10.0. The minimum absolute atomic E-state index is 0.270. The minimum Gasteiger partial charge on any atom is -0.388 e. The fraction of sp³-hybridized carbons (Fsp3) is 0.444. The van der Waals surface area contributed by atoms with Gasteiger partial charge in [0.05, 0.1) is 19.3 Å². The van der Waals surface area contributed by atoms with Crippen LogP contribution in [0.4, 0.5) is 0 Å². The lowest BCUT2D eigenvalue weighted by Gasteiger charge is -2.36. The van der Waals surface area contributed by atoms with E-state index in [1.54, 1.807) is 0 Å². The lowest BCUT2D eigenvalue weighted by Crippen LogP contribution is -2.45. The van der Waals surface area contributed by atoms with Crippen LogP contribution in [-0.2, 0) is 11.3 Å². The van der Waals surface area contributed by atoms with Gasteiger partial charge in [-0.1, -0.05) is 30.3 Å². The SMILES string of the molecule is Cc1ccc(CN2CCOCC2CC(O)c2ccccc2)s1. The molecule has 1 N–H and O–H groups in total. The van der Waals surface area contributed by atoms with Crippen LogP contribution in [0.15, 0.2) is 42.5 Å². The zero-order valence-corrected chi connectivity index (χ0v) is 13.8. The Bertz CT molecular complexity index is 584. The highest BCUT2D eigenvalue weighted by Crippen LogP contribution is 2.25. The van der Waals surface area contributed by atoms with Gasteiger partial charge in [0, 0.05) is 28.9 Å². The molecule has 1 fully saturated rings. The van der Waals surface area contributed by atoms with Crippen LogP contribution < -0.4 is 0 Å².